The number of carbonyl (C=O) groups is 1. The van der Waals surface area contributed by atoms with Crippen LogP contribution in [0.1, 0.15) is 223 Å². The molecule has 2 aromatic carbocycles. The SMILES string of the molecule is CCCCCCCCCOc1cc(C(=O)c2cc(OCCCCCCCCC)c(O)c(OCCCCCCCCC)c2)cc(OCCCCCCCCC)c1O. The van der Waals surface area contributed by atoms with E-state index in [0.717, 1.165) is 77.0 Å². The highest BCUT2D eigenvalue weighted by atomic mass is 16.5. The van der Waals surface area contributed by atoms with Gasteiger partial charge >= 0.3 is 0 Å². The molecule has 0 aromatic heterocycles. The molecular weight excluding hydrogens is 701 g/mol. The van der Waals surface area contributed by atoms with Gasteiger partial charge < -0.3 is 29.2 Å². The first kappa shape index (κ1) is 49.1. The summed E-state index contributed by atoms with van der Waals surface area (Å²) in [5.41, 5.74) is 0.683. The molecule has 0 bridgehead atoms. The van der Waals surface area contributed by atoms with Gasteiger partial charge in [-0.25, -0.2) is 0 Å². The molecule has 0 aliphatic carbocycles. The van der Waals surface area contributed by atoms with Gasteiger partial charge in [-0.1, -0.05) is 182 Å². The average Bonchev–Trinajstić information content (AvgIpc) is 3.20. The number of hydrogen-bond acceptors (Lipinski definition) is 7. The molecule has 7 heteroatoms. The zero-order chi connectivity index (χ0) is 40.5. The number of unbranched alkanes of at least 4 members (excludes halogenated alkanes) is 24. The Labute approximate surface area is 342 Å². The van der Waals surface area contributed by atoms with Gasteiger partial charge in [-0.2, -0.15) is 0 Å². The first-order valence-corrected chi connectivity index (χ1v) is 23.3. The molecule has 2 N–H and O–H groups in total. The van der Waals surface area contributed by atoms with Gasteiger partial charge in [-0.05, 0) is 49.9 Å². The Morgan fingerprint density at radius 1 is 0.357 bits per heavy atom. The molecule has 320 valence electrons. The summed E-state index contributed by atoms with van der Waals surface area (Å²) in [5.74, 6) is 0.572. The van der Waals surface area contributed by atoms with Gasteiger partial charge in [0.15, 0.2) is 28.8 Å². The van der Waals surface area contributed by atoms with Crippen molar-refractivity contribution in [3.05, 3.63) is 35.4 Å². The average molecular weight is 783 g/mol. The highest BCUT2D eigenvalue weighted by Crippen LogP contribution is 2.41. The van der Waals surface area contributed by atoms with Gasteiger partial charge in [0, 0.05) is 11.1 Å². The Morgan fingerprint density at radius 2 is 0.554 bits per heavy atom. The molecule has 2 rings (SSSR count). The van der Waals surface area contributed by atoms with E-state index in [0.29, 0.717) is 37.6 Å². The van der Waals surface area contributed by atoms with E-state index in [4.69, 9.17) is 18.9 Å². The summed E-state index contributed by atoms with van der Waals surface area (Å²) in [6.45, 7) is 10.7. The van der Waals surface area contributed by atoms with Crippen LogP contribution in [0.4, 0.5) is 0 Å². The Hall–Kier alpha value is -3.09. The lowest BCUT2D eigenvalue weighted by atomic mass is 10.0. The summed E-state index contributed by atoms with van der Waals surface area (Å²) in [7, 11) is 0. The molecule has 0 unspecified atom stereocenters. The van der Waals surface area contributed by atoms with E-state index in [9.17, 15) is 15.0 Å². The van der Waals surface area contributed by atoms with Crippen LogP contribution in [0.5, 0.6) is 34.5 Å². The fourth-order valence-corrected chi connectivity index (χ4v) is 7.00. The van der Waals surface area contributed by atoms with E-state index in [1.807, 2.05) is 0 Å². The van der Waals surface area contributed by atoms with E-state index in [1.54, 1.807) is 24.3 Å². The highest BCUT2D eigenvalue weighted by Gasteiger charge is 2.22. The Bertz CT molecular complexity index is 1100. The van der Waals surface area contributed by atoms with E-state index in [2.05, 4.69) is 27.7 Å². The number of aromatic hydroxyl groups is 2. The van der Waals surface area contributed by atoms with Crippen molar-refractivity contribution in [3.63, 3.8) is 0 Å². The maximum atomic E-state index is 14.3. The maximum absolute atomic E-state index is 14.3. The summed E-state index contributed by atoms with van der Waals surface area (Å²) in [5, 5.41) is 22.5. The Kier molecular flexibility index (Phi) is 28.9. The summed E-state index contributed by atoms with van der Waals surface area (Å²) >= 11 is 0. The van der Waals surface area contributed by atoms with Crippen molar-refractivity contribution in [1.82, 2.24) is 0 Å². The second-order valence-corrected chi connectivity index (χ2v) is 15.9. The number of ketones is 1. The Morgan fingerprint density at radius 3 is 0.768 bits per heavy atom. The van der Waals surface area contributed by atoms with E-state index in [-0.39, 0.29) is 40.3 Å². The van der Waals surface area contributed by atoms with Gasteiger partial charge in [0.1, 0.15) is 0 Å². The number of phenols is 2. The normalized spacial score (nSPS) is 11.2. The summed E-state index contributed by atoms with van der Waals surface area (Å²) in [6, 6.07) is 6.46. The lowest BCUT2D eigenvalue weighted by molar-refractivity contribution is 0.103. The quantitative estimate of drug-likeness (QED) is 0.0517. The van der Waals surface area contributed by atoms with Crippen LogP contribution in [0, 0.1) is 0 Å². The molecule has 0 aliphatic rings. The van der Waals surface area contributed by atoms with Crippen molar-refractivity contribution in [2.24, 2.45) is 0 Å². The lowest BCUT2D eigenvalue weighted by Gasteiger charge is -2.17. The summed E-state index contributed by atoms with van der Waals surface area (Å²) in [6.07, 6.45) is 32.3. The van der Waals surface area contributed by atoms with Crippen LogP contribution in [0.2, 0.25) is 0 Å². The second kappa shape index (κ2) is 32.9. The second-order valence-electron chi connectivity index (χ2n) is 15.9. The van der Waals surface area contributed by atoms with Crippen LogP contribution in [0.25, 0.3) is 0 Å². The molecular formula is C49H82O7. The highest BCUT2D eigenvalue weighted by molar-refractivity contribution is 6.10. The molecule has 0 saturated heterocycles. The van der Waals surface area contributed by atoms with Gasteiger partial charge in [0.05, 0.1) is 26.4 Å². The van der Waals surface area contributed by atoms with Crippen LogP contribution < -0.4 is 18.9 Å². The van der Waals surface area contributed by atoms with Crippen LogP contribution in [0.3, 0.4) is 0 Å². The minimum Gasteiger partial charge on any atom is -0.502 e. The van der Waals surface area contributed by atoms with Crippen LogP contribution >= 0.6 is 0 Å². The summed E-state index contributed by atoms with van der Waals surface area (Å²) < 4.78 is 24.5. The predicted molar refractivity (Wildman–Crippen MR) is 234 cm³/mol. The molecule has 0 heterocycles. The first-order chi connectivity index (χ1) is 27.5. The minimum absolute atomic E-state index is 0.0735. The first-order valence-electron chi connectivity index (χ1n) is 23.3. The van der Waals surface area contributed by atoms with Crippen molar-refractivity contribution in [3.8, 4) is 34.5 Å². The number of carbonyl (C=O) groups excluding carboxylic acids is 1. The molecule has 0 fully saturated rings. The molecule has 2 aromatic rings. The number of phenolic OH excluding ortho intramolecular Hbond substituents is 2. The van der Waals surface area contributed by atoms with Crippen LogP contribution in [0.15, 0.2) is 24.3 Å². The topological polar surface area (TPSA) is 94.5 Å². The maximum Gasteiger partial charge on any atom is 0.200 e. The molecule has 0 saturated carbocycles. The van der Waals surface area contributed by atoms with E-state index < -0.39 is 0 Å². The van der Waals surface area contributed by atoms with E-state index in [1.165, 1.54) is 103 Å². The standard InChI is InChI=1S/C49H82O7/c1-5-9-13-17-21-25-29-33-53-43-37-41(38-44(48(43)51)54-34-30-26-22-18-14-10-6-2)47(50)42-39-45(55-35-31-27-23-19-15-11-7-3)49(52)46(40-42)56-36-32-28-24-20-16-12-8-4/h37-40,51-52H,5-36H2,1-4H3. The number of benzene rings is 2. The fourth-order valence-electron chi connectivity index (χ4n) is 7.00. The number of hydrogen-bond donors (Lipinski definition) is 2. The van der Waals surface area contributed by atoms with Crippen molar-refractivity contribution in [1.29, 1.82) is 0 Å². The third-order valence-electron chi connectivity index (χ3n) is 10.6. The molecule has 56 heavy (non-hydrogen) atoms. The zero-order valence-electron chi connectivity index (χ0n) is 36.4. The smallest absolute Gasteiger partial charge is 0.200 e. The van der Waals surface area contributed by atoms with Crippen molar-refractivity contribution in [2.75, 3.05) is 26.4 Å². The van der Waals surface area contributed by atoms with Gasteiger partial charge in [0.25, 0.3) is 0 Å². The van der Waals surface area contributed by atoms with Crippen LogP contribution in [-0.2, 0) is 0 Å². The molecule has 7 nitrogen and oxygen atoms in total. The van der Waals surface area contributed by atoms with Gasteiger partial charge in [-0.15, -0.1) is 0 Å². The Balaban J connectivity index is 2.25. The number of rotatable bonds is 38. The predicted octanol–water partition coefficient (Wildman–Crippen LogP) is 14.8. The molecule has 0 aliphatic heterocycles. The van der Waals surface area contributed by atoms with Crippen molar-refractivity contribution >= 4 is 5.78 Å². The lowest BCUT2D eigenvalue weighted by Crippen LogP contribution is -2.08. The fraction of sp³-hybridized carbons (Fsp3) is 0.735. The van der Waals surface area contributed by atoms with Crippen molar-refractivity contribution in [2.45, 2.75) is 207 Å². The molecule has 0 atom stereocenters. The van der Waals surface area contributed by atoms with Gasteiger partial charge in [0.2, 0.25) is 11.5 Å². The minimum atomic E-state index is -0.284. The van der Waals surface area contributed by atoms with Crippen molar-refractivity contribution < 1.29 is 34.0 Å². The molecule has 0 amide bonds. The van der Waals surface area contributed by atoms with Gasteiger partial charge in [-0.3, -0.25) is 4.79 Å². The molecule has 0 radical (unpaired) electrons. The zero-order valence-corrected chi connectivity index (χ0v) is 36.4. The third-order valence-corrected chi connectivity index (χ3v) is 10.6. The number of ether oxygens (including phenoxy) is 4. The monoisotopic (exact) mass is 783 g/mol. The largest absolute Gasteiger partial charge is 0.502 e. The third kappa shape index (κ3) is 21.4. The summed E-state index contributed by atoms with van der Waals surface area (Å²) in [4.78, 5) is 14.3. The van der Waals surface area contributed by atoms with Crippen LogP contribution in [-0.4, -0.2) is 42.4 Å². The van der Waals surface area contributed by atoms with E-state index >= 15 is 0 Å². The molecule has 0 spiro atoms.